The molecule has 0 spiro atoms. The summed E-state index contributed by atoms with van der Waals surface area (Å²) in [7, 11) is 1.84. The molecule has 0 radical (unpaired) electrons. The molecule has 0 saturated carbocycles. The third-order valence-electron chi connectivity index (χ3n) is 3.27. The van der Waals surface area contributed by atoms with Gasteiger partial charge in [-0.2, -0.15) is 0 Å². The SMILES string of the molecule is C=CCN(CCO)c1cc(C)c(F)cc1C(C)NC. The Kier molecular flexibility index (Phi) is 5.99. The molecule has 1 aromatic carbocycles. The average Bonchev–Trinajstić information content (AvgIpc) is 2.40. The van der Waals surface area contributed by atoms with Gasteiger partial charge in [0.2, 0.25) is 0 Å². The number of rotatable bonds is 7. The zero-order chi connectivity index (χ0) is 14.4. The first kappa shape index (κ1) is 15.7. The summed E-state index contributed by atoms with van der Waals surface area (Å²) in [6, 6.07) is 3.44. The molecule has 0 aliphatic carbocycles. The van der Waals surface area contributed by atoms with Crippen LogP contribution in [0.25, 0.3) is 0 Å². The van der Waals surface area contributed by atoms with Crippen LogP contribution in [0.15, 0.2) is 24.8 Å². The number of nitrogens with zero attached hydrogens (tertiary/aromatic N) is 1. The van der Waals surface area contributed by atoms with E-state index in [1.807, 2.05) is 24.9 Å². The van der Waals surface area contributed by atoms with Crippen molar-refractivity contribution in [3.8, 4) is 0 Å². The van der Waals surface area contributed by atoms with Gasteiger partial charge >= 0.3 is 0 Å². The number of hydrogen-bond donors (Lipinski definition) is 2. The average molecular weight is 266 g/mol. The van der Waals surface area contributed by atoms with E-state index in [9.17, 15) is 4.39 Å². The van der Waals surface area contributed by atoms with Crippen molar-refractivity contribution in [1.29, 1.82) is 0 Å². The second-order valence-electron chi connectivity index (χ2n) is 4.63. The van der Waals surface area contributed by atoms with Gasteiger partial charge in [-0.3, -0.25) is 0 Å². The topological polar surface area (TPSA) is 35.5 Å². The summed E-state index contributed by atoms with van der Waals surface area (Å²) in [4.78, 5) is 2.00. The molecule has 2 N–H and O–H groups in total. The van der Waals surface area contributed by atoms with Gasteiger partial charge < -0.3 is 15.3 Å². The number of benzene rings is 1. The summed E-state index contributed by atoms with van der Waals surface area (Å²) < 4.78 is 13.8. The van der Waals surface area contributed by atoms with Gasteiger partial charge in [0.1, 0.15) is 5.82 Å². The Labute approximate surface area is 114 Å². The Hall–Kier alpha value is -1.39. The molecule has 0 fully saturated rings. The quantitative estimate of drug-likeness (QED) is 0.744. The lowest BCUT2D eigenvalue weighted by molar-refractivity contribution is 0.303. The number of aliphatic hydroxyl groups excluding tert-OH is 1. The van der Waals surface area contributed by atoms with Gasteiger partial charge in [-0.25, -0.2) is 4.39 Å². The Balaban J connectivity index is 3.27. The van der Waals surface area contributed by atoms with Crippen LogP contribution in [0, 0.1) is 12.7 Å². The van der Waals surface area contributed by atoms with Crippen molar-refractivity contribution >= 4 is 5.69 Å². The highest BCUT2D eigenvalue weighted by atomic mass is 19.1. The van der Waals surface area contributed by atoms with E-state index in [1.54, 1.807) is 19.1 Å². The van der Waals surface area contributed by atoms with E-state index in [-0.39, 0.29) is 18.5 Å². The van der Waals surface area contributed by atoms with Gasteiger partial charge in [-0.05, 0) is 44.2 Å². The lowest BCUT2D eigenvalue weighted by Crippen LogP contribution is -2.29. The minimum atomic E-state index is -0.205. The number of anilines is 1. The monoisotopic (exact) mass is 266 g/mol. The third kappa shape index (κ3) is 3.78. The Morgan fingerprint density at radius 2 is 2.21 bits per heavy atom. The molecule has 19 heavy (non-hydrogen) atoms. The molecule has 1 aromatic rings. The first-order valence-corrected chi connectivity index (χ1v) is 6.49. The largest absolute Gasteiger partial charge is 0.395 e. The normalized spacial score (nSPS) is 12.3. The van der Waals surface area contributed by atoms with Crippen LogP contribution in [0.1, 0.15) is 24.1 Å². The Morgan fingerprint density at radius 3 is 2.74 bits per heavy atom. The summed E-state index contributed by atoms with van der Waals surface area (Å²) in [5, 5.41) is 12.3. The summed E-state index contributed by atoms with van der Waals surface area (Å²) in [5.74, 6) is -0.205. The van der Waals surface area contributed by atoms with Crippen molar-refractivity contribution in [2.45, 2.75) is 19.9 Å². The molecule has 4 heteroatoms. The molecule has 0 heterocycles. The van der Waals surface area contributed by atoms with Crippen molar-refractivity contribution in [2.75, 3.05) is 31.6 Å². The van der Waals surface area contributed by atoms with E-state index in [0.717, 1.165) is 11.3 Å². The number of nitrogens with one attached hydrogen (secondary N) is 1. The highest BCUT2D eigenvalue weighted by Crippen LogP contribution is 2.29. The second kappa shape index (κ2) is 7.26. The lowest BCUT2D eigenvalue weighted by Gasteiger charge is -2.28. The van der Waals surface area contributed by atoms with Gasteiger partial charge in [-0.15, -0.1) is 6.58 Å². The molecule has 1 rings (SSSR count). The smallest absolute Gasteiger partial charge is 0.126 e. The molecular formula is C15H23FN2O. The molecule has 0 saturated heterocycles. The summed E-state index contributed by atoms with van der Waals surface area (Å²) >= 11 is 0. The number of halogens is 1. The minimum absolute atomic E-state index is 0.0381. The summed E-state index contributed by atoms with van der Waals surface area (Å²) in [6.07, 6.45) is 1.78. The van der Waals surface area contributed by atoms with Crippen LogP contribution in [0.3, 0.4) is 0 Å². The fourth-order valence-electron chi connectivity index (χ4n) is 2.04. The molecule has 0 bridgehead atoms. The van der Waals surface area contributed by atoms with Gasteiger partial charge in [0, 0.05) is 24.8 Å². The number of aryl methyl sites for hydroxylation is 1. The van der Waals surface area contributed by atoms with Crippen molar-refractivity contribution in [3.63, 3.8) is 0 Å². The standard InChI is InChI=1S/C15H23FN2O/c1-5-6-18(7-8-19)15-9-11(2)14(16)10-13(15)12(3)17-4/h5,9-10,12,17,19H,1,6-8H2,2-4H3. The maximum atomic E-state index is 13.8. The second-order valence-corrected chi connectivity index (χ2v) is 4.63. The van der Waals surface area contributed by atoms with Crippen molar-refractivity contribution in [2.24, 2.45) is 0 Å². The molecule has 1 unspecified atom stereocenters. The predicted octanol–water partition coefficient (Wildman–Crippen LogP) is 2.40. The molecule has 0 aliphatic heterocycles. The van der Waals surface area contributed by atoms with E-state index in [2.05, 4.69) is 11.9 Å². The molecule has 3 nitrogen and oxygen atoms in total. The minimum Gasteiger partial charge on any atom is -0.395 e. The lowest BCUT2D eigenvalue weighted by atomic mass is 10.0. The van der Waals surface area contributed by atoms with Crippen LogP contribution in [0.5, 0.6) is 0 Å². The molecule has 1 atom stereocenters. The van der Waals surface area contributed by atoms with Crippen LogP contribution in [0.4, 0.5) is 10.1 Å². The highest BCUT2D eigenvalue weighted by Gasteiger charge is 2.16. The molecule has 106 valence electrons. The van der Waals surface area contributed by atoms with Crippen LogP contribution in [-0.2, 0) is 0 Å². The number of aliphatic hydroxyl groups is 1. The highest BCUT2D eigenvalue weighted by molar-refractivity contribution is 5.57. The zero-order valence-corrected chi connectivity index (χ0v) is 11.9. The van der Waals surface area contributed by atoms with Crippen molar-refractivity contribution < 1.29 is 9.50 Å². The number of hydrogen-bond acceptors (Lipinski definition) is 3. The Bertz CT molecular complexity index is 434. The fraction of sp³-hybridized carbons (Fsp3) is 0.467. The third-order valence-corrected chi connectivity index (χ3v) is 3.27. The summed E-state index contributed by atoms with van der Waals surface area (Å²) in [6.45, 7) is 8.64. The maximum Gasteiger partial charge on any atom is 0.126 e. The maximum absolute atomic E-state index is 13.8. The Morgan fingerprint density at radius 1 is 1.53 bits per heavy atom. The first-order valence-electron chi connectivity index (χ1n) is 6.49. The van der Waals surface area contributed by atoms with Crippen molar-refractivity contribution in [3.05, 3.63) is 41.7 Å². The molecule has 0 amide bonds. The van der Waals surface area contributed by atoms with Gasteiger partial charge in [0.05, 0.1) is 6.61 Å². The van der Waals surface area contributed by atoms with E-state index < -0.39 is 0 Å². The summed E-state index contributed by atoms with van der Waals surface area (Å²) in [5.41, 5.74) is 2.43. The van der Waals surface area contributed by atoms with Crippen LogP contribution < -0.4 is 10.2 Å². The molecule has 0 aromatic heterocycles. The van der Waals surface area contributed by atoms with Crippen molar-refractivity contribution in [1.82, 2.24) is 5.32 Å². The molecular weight excluding hydrogens is 243 g/mol. The van der Waals surface area contributed by atoms with Gasteiger partial charge in [0.15, 0.2) is 0 Å². The predicted molar refractivity (Wildman–Crippen MR) is 78.1 cm³/mol. The zero-order valence-electron chi connectivity index (χ0n) is 11.9. The van der Waals surface area contributed by atoms with Crippen LogP contribution in [-0.4, -0.2) is 31.9 Å². The molecule has 0 aliphatic rings. The fourth-order valence-corrected chi connectivity index (χ4v) is 2.04. The van der Waals surface area contributed by atoms with Crippen LogP contribution >= 0.6 is 0 Å². The first-order chi connectivity index (χ1) is 9.04. The van der Waals surface area contributed by atoms with E-state index in [0.29, 0.717) is 18.7 Å². The van der Waals surface area contributed by atoms with Gasteiger partial charge in [-0.1, -0.05) is 6.08 Å². The van der Waals surface area contributed by atoms with E-state index in [4.69, 9.17) is 5.11 Å². The van der Waals surface area contributed by atoms with Crippen LogP contribution in [0.2, 0.25) is 0 Å². The van der Waals surface area contributed by atoms with Gasteiger partial charge in [0.25, 0.3) is 0 Å². The van der Waals surface area contributed by atoms with E-state index >= 15 is 0 Å². The van der Waals surface area contributed by atoms with E-state index in [1.165, 1.54) is 0 Å².